The molecule has 0 aliphatic heterocycles. The lowest BCUT2D eigenvalue weighted by Gasteiger charge is -2.50. The van der Waals surface area contributed by atoms with Gasteiger partial charge in [-0.15, -0.1) is 0 Å². The molecule has 0 saturated heterocycles. The summed E-state index contributed by atoms with van der Waals surface area (Å²) >= 11 is 0. The third-order valence-corrected chi connectivity index (χ3v) is 8.37. The second kappa shape index (κ2) is 9.67. The zero-order valence-corrected chi connectivity index (χ0v) is 23.6. The maximum absolute atomic E-state index is 13.9. The number of phenols is 1. The van der Waals surface area contributed by atoms with Crippen LogP contribution in [0.25, 0.3) is 0 Å². The number of rotatable bonds is 6. The lowest BCUT2D eigenvalue weighted by Crippen LogP contribution is -2.64. The van der Waals surface area contributed by atoms with Crippen molar-refractivity contribution in [2.24, 2.45) is 11.8 Å². The van der Waals surface area contributed by atoms with Gasteiger partial charge in [0.25, 0.3) is 5.91 Å². The van der Waals surface area contributed by atoms with Crippen LogP contribution in [0, 0.1) is 11.8 Å². The van der Waals surface area contributed by atoms with Crippen LogP contribution in [-0.4, -0.2) is 88.2 Å². The molecule has 1 aromatic rings. The number of hydrogen-bond acceptors (Lipinski definition) is 9. The molecule has 0 bridgehead atoms. The smallest absolute Gasteiger partial charge is 0.258 e. The van der Waals surface area contributed by atoms with Crippen molar-refractivity contribution in [2.75, 3.05) is 33.1 Å². The minimum Gasteiger partial charge on any atom is -0.510 e. The van der Waals surface area contributed by atoms with E-state index in [-0.39, 0.29) is 29.7 Å². The molecule has 0 saturated carbocycles. The number of phenolic OH excluding ortho intramolecular Hbond substituents is 1. The molecule has 4 unspecified atom stereocenters. The summed E-state index contributed by atoms with van der Waals surface area (Å²) in [6.07, 6.45) is 1.72. The Hall–Kier alpha value is -3.37. The summed E-state index contributed by atoms with van der Waals surface area (Å²) in [7, 11) is 6.93. The van der Waals surface area contributed by atoms with Crippen LogP contribution >= 0.6 is 0 Å². The van der Waals surface area contributed by atoms with Crippen molar-refractivity contribution in [3.8, 4) is 5.75 Å². The summed E-state index contributed by atoms with van der Waals surface area (Å²) in [4.78, 5) is 44.4. The van der Waals surface area contributed by atoms with Crippen molar-refractivity contribution in [3.63, 3.8) is 0 Å². The second-order valence-electron chi connectivity index (χ2n) is 12.0. The van der Waals surface area contributed by atoms with Crippen molar-refractivity contribution < 1.29 is 34.8 Å². The molecule has 0 aromatic heterocycles. The number of anilines is 1. The first-order valence-electron chi connectivity index (χ1n) is 13.3. The number of fused-ring (bicyclic) bond motifs is 3. The molecular formula is C29H39N3O7. The van der Waals surface area contributed by atoms with Crippen molar-refractivity contribution in [2.45, 2.75) is 63.6 Å². The minimum atomic E-state index is -2.61. The number of Topliss-reactive ketones (excluding diaryl/α,β-unsaturated/α-hetero) is 2. The number of carbonyl (C=O) groups is 3. The zero-order valence-electron chi connectivity index (χ0n) is 23.6. The number of likely N-dealkylation sites (N-methyl/N-ethyl adjacent to an activating group) is 1. The fourth-order valence-corrected chi connectivity index (χ4v) is 6.69. The Morgan fingerprint density at radius 3 is 2.33 bits per heavy atom. The Labute approximate surface area is 228 Å². The largest absolute Gasteiger partial charge is 0.510 e. The van der Waals surface area contributed by atoms with E-state index in [1.807, 2.05) is 25.9 Å². The van der Waals surface area contributed by atoms with Crippen molar-refractivity contribution in [3.05, 3.63) is 45.9 Å². The lowest BCUT2D eigenvalue weighted by atomic mass is 9.58. The van der Waals surface area contributed by atoms with Gasteiger partial charge in [0.05, 0.1) is 11.6 Å². The molecule has 0 radical (unpaired) electrons. The quantitative estimate of drug-likeness (QED) is 0.342. The average Bonchev–Trinajstić information content (AvgIpc) is 2.80. The Kier molecular flexibility index (Phi) is 7.10. The first kappa shape index (κ1) is 28.6. The molecule has 3 aliphatic carbocycles. The lowest BCUT2D eigenvalue weighted by molar-refractivity contribution is -0.149. The maximum atomic E-state index is 13.9. The number of hydrogen-bond donors (Lipinski definition) is 5. The van der Waals surface area contributed by atoms with Crippen molar-refractivity contribution in [1.29, 1.82) is 0 Å². The summed E-state index contributed by atoms with van der Waals surface area (Å²) in [5.74, 6) is -5.86. The summed E-state index contributed by atoms with van der Waals surface area (Å²) in [5, 5.41) is 48.2. The molecule has 10 heteroatoms. The fourth-order valence-electron chi connectivity index (χ4n) is 6.69. The van der Waals surface area contributed by atoms with Gasteiger partial charge in [0, 0.05) is 36.8 Å². The van der Waals surface area contributed by atoms with Gasteiger partial charge < -0.3 is 30.6 Å². The van der Waals surface area contributed by atoms with Crippen LogP contribution in [0.2, 0.25) is 0 Å². The molecule has 5 N–H and O–H groups in total. The van der Waals surface area contributed by atoms with Gasteiger partial charge in [-0.05, 0) is 70.8 Å². The van der Waals surface area contributed by atoms with E-state index in [2.05, 4.69) is 5.32 Å². The number of benzene rings is 1. The van der Waals surface area contributed by atoms with E-state index in [0.29, 0.717) is 12.0 Å². The van der Waals surface area contributed by atoms with Crippen LogP contribution in [0.3, 0.4) is 0 Å². The highest BCUT2D eigenvalue weighted by molar-refractivity contribution is 6.25. The van der Waals surface area contributed by atoms with E-state index in [4.69, 9.17) is 0 Å². The van der Waals surface area contributed by atoms with Gasteiger partial charge in [-0.1, -0.05) is 13.3 Å². The highest BCUT2D eigenvalue weighted by Gasteiger charge is 2.63. The van der Waals surface area contributed by atoms with Crippen LogP contribution in [0.15, 0.2) is 34.8 Å². The molecule has 4 atom stereocenters. The third-order valence-electron chi connectivity index (χ3n) is 8.37. The molecule has 212 valence electrons. The first-order chi connectivity index (χ1) is 18.1. The average molecular weight is 542 g/mol. The minimum absolute atomic E-state index is 0.0196. The number of amides is 1. The summed E-state index contributed by atoms with van der Waals surface area (Å²) < 4.78 is 0. The predicted octanol–water partition coefficient (Wildman–Crippen LogP) is 2.40. The van der Waals surface area contributed by atoms with Crippen molar-refractivity contribution in [1.82, 2.24) is 10.2 Å². The zero-order chi connectivity index (χ0) is 29.2. The summed E-state index contributed by atoms with van der Waals surface area (Å²) in [5.41, 5.74) is -2.74. The van der Waals surface area contributed by atoms with E-state index >= 15 is 0 Å². The number of nitrogens with zero attached hydrogens (tertiary/aromatic N) is 2. The highest BCUT2D eigenvalue weighted by atomic mass is 16.3. The SMILES string of the molecule is CCCC(C)(C)NC(=O)C1=C(O)C(N(C)C)C2CC3Cc4c(N(C)C)ccc(O)c4C(=O)C3=C(O)C2(O)C1=O. The number of allylic oxidation sites excluding steroid dienone is 1. The van der Waals surface area contributed by atoms with Gasteiger partial charge in [0.2, 0.25) is 5.78 Å². The Morgan fingerprint density at radius 1 is 1.13 bits per heavy atom. The van der Waals surface area contributed by atoms with E-state index in [1.165, 1.54) is 6.07 Å². The van der Waals surface area contributed by atoms with Crippen LogP contribution in [0.4, 0.5) is 5.69 Å². The number of ketones is 2. The molecule has 0 heterocycles. The third kappa shape index (κ3) is 4.30. The Balaban J connectivity index is 1.89. The molecule has 1 aromatic carbocycles. The Bertz CT molecular complexity index is 1310. The number of carbonyl (C=O) groups excluding carboxylic acids is 3. The molecular weight excluding hydrogens is 502 g/mol. The van der Waals surface area contributed by atoms with E-state index < -0.39 is 63.6 Å². The molecule has 1 amide bonds. The molecule has 0 spiro atoms. The predicted molar refractivity (Wildman–Crippen MR) is 146 cm³/mol. The van der Waals surface area contributed by atoms with Crippen molar-refractivity contribution >= 4 is 23.2 Å². The van der Waals surface area contributed by atoms with Gasteiger partial charge in [0.1, 0.15) is 22.8 Å². The van der Waals surface area contributed by atoms with Gasteiger partial charge in [-0.2, -0.15) is 0 Å². The van der Waals surface area contributed by atoms with Gasteiger partial charge in [-0.3, -0.25) is 19.3 Å². The Morgan fingerprint density at radius 2 is 1.77 bits per heavy atom. The van der Waals surface area contributed by atoms with E-state index in [1.54, 1.807) is 38.9 Å². The molecule has 3 aliphatic rings. The molecule has 4 rings (SSSR count). The van der Waals surface area contributed by atoms with Gasteiger partial charge in [0.15, 0.2) is 11.4 Å². The summed E-state index contributed by atoms with van der Waals surface area (Å²) in [6, 6.07) is 2.13. The van der Waals surface area contributed by atoms with Gasteiger partial charge in [-0.25, -0.2) is 0 Å². The van der Waals surface area contributed by atoms with Gasteiger partial charge >= 0.3 is 0 Å². The summed E-state index contributed by atoms with van der Waals surface area (Å²) in [6.45, 7) is 5.53. The topological polar surface area (TPSA) is 151 Å². The monoisotopic (exact) mass is 541 g/mol. The van der Waals surface area contributed by atoms with E-state index in [0.717, 1.165) is 12.1 Å². The molecule has 0 fully saturated rings. The molecule has 10 nitrogen and oxygen atoms in total. The van der Waals surface area contributed by atoms with Crippen LogP contribution in [-0.2, 0) is 16.0 Å². The maximum Gasteiger partial charge on any atom is 0.258 e. The number of nitrogens with one attached hydrogen (secondary N) is 1. The fraction of sp³-hybridized carbons (Fsp3) is 0.552. The van der Waals surface area contributed by atoms with Crippen LogP contribution < -0.4 is 10.2 Å². The first-order valence-corrected chi connectivity index (χ1v) is 13.3. The second-order valence-corrected chi connectivity index (χ2v) is 12.0. The normalized spacial score (nSPS) is 26.8. The molecule has 39 heavy (non-hydrogen) atoms. The number of aromatic hydroxyl groups is 1. The van der Waals surface area contributed by atoms with Crippen LogP contribution in [0.1, 0.15) is 56.0 Å². The number of aliphatic hydroxyl groups excluding tert-OH is 2. The standard InChI is InChI=1S/C29H39N3O7/c1-8-11-28(2,3)30-27(38)21-24(35)22(32(6)7)16-13-14-12-15-17(31(4)5)9-10-18(33)20(15)23(34)19(14)25(36)29(16,39)26(21)37/h9-10,14,16,22,33,35-36,39H,8,11-13H2,1-7H3,(H,30,38). The highest BCUT2D eigenvalue weighted by Crippen LogP contribution is 2.53. The number of aliphatic hydroxyl groups is 3. The van der Waals surface area contributed by atoms with E-state index in [9.17, 15) is 34.8 Å². The van der Waals surface area contributed by atoms with Crippen LogP contribution in [0.5, 0.6) is 5.75 Å².